The third-order valence-corrected chi connectivity index (χ3v) is 5.08. The Hall–Kier alpha value is -1.86. The van der Waals surface area contributed by atoms with E-state index in [1.54, 1.807) is 50.5 Å². The number of methoxy groups -OCH3 is 1. The SMILES string of the molecule is CCS(=O)(=O)N1CC=C[C@H]1C(=O)Nc1ccc(OC)cc1. The number of benzene rings is 1. The van der Waals surface area contributed by atoms with Crippen LogP contribution in [0.5, 0.6) is 5.75 Å². The molecular weight excluding hydrogens is 292 g/mol. The Morgan fingerprint density at radius 1 is 1.38 bits per heavy atom. The number of carbonyl (C=O) groups is 1. The Kier molecular flexibility index (Phi) is 4.64. The molecule has 1 aromatic rings. The minimum Gasteiger partial charge on any atom is -0.497 e. The van der Waals surface area contributed by atoms with Gasteiger partial charge in [0.25, 0.3) is 0 Å². The molecule has 1 aromatic carbocycles. The Labute approximate surface area is 124 Å². The second kappa shape index (κ2) is 6.28. The molecule has 7 heteroatoms. The van der Waals surface area contributed by atoms with Gasteiger partial charge in [-0.15, -0.1) is 0 Å². The third-order valence-electron chi connectivity index (χ3n) is 3.26. The molecule has 1 heterocycles. The van der Waals surface area contributed by atoms with E-state index in [0.29, 0.717) is 11.4 Å². The van der Waals surface area contributed by atoms with Gasteiger partial charge in [0.05, 0.1) is 12.9 Å². The molecule has 21 heavy (non-hydrogen) atoms. The molecule has 0 bridgehead atoms. The molecule has 2 rings (SSSR count). The zero-order valence-corrected chi connectivity index (χ0v) is 12.8. The molecule has 114 valence electrons. The van der Waals surface area contributed by atoms with Crippen LogP contribution in [0.1, 0.15) is 6.92 Å². The van der Waals surface area contributed by atoms with Gasteiger partial charge in [0.2, 0.25) is 15.9 Å². The van der Waals surface area contributed by atoms with E-state index in [2.05, 4.69) is 5.32 Å². The Bertz CT molecular complexity index is 637. The first-order chi connectivity index (χ1) is 9.97. The maximum absolute atomic E-state index is 12.2. The lowest BCUT2D eigenvalue weighted by atomic mass is 10.2. The molecule has 6 nitrogen and oxygen atoms in total. The molecule has 0 saturated carbocycles. The highest BCUT2D eigenvalue weighted by molar-refractivity contribution is 7.89. The standard InChI is InChI=1S/C14H18N2O4S/c1-3-21(18,19)16-10-4-5-13(16)14(17)15-11-6-8-12(20-2)9-7-11/h4-9,13H,3,10H2,1-2H3,(H,15,17)/t13-/m0/s1. The van der Waals surface area contributed by atoms with Crippen molar-refractivity contribution in [3.63, 3.8) is 0 Å². The van der Waals surface area contributed by atoms with E-state index < -0.39 is 16.1 Å². The van der Waals surface area contributed by atoms with E-state index in [1.807, 2.05) is 0 Å². The van der Waals surface area contributed by atoms with Crippen molar-refractivity contribution in [2.45, 2.75) is 13.0 Å². The normalized spacial score (nSPS) is 18.7. The maximum Gasteiger partial charge on any atom is 0.246 e. The molecule has 1 atom stereocenters. The van der Waals surface area contributed by atoms with Gasteiger partial charge in [-0.25, -0.2) is 8.42 Å². The first-order valence-electron chi connectivity index (χ1n) is 6.59. The number of nitrogens with zero attached hydrogens (tertiary/aromatic N) is 1. The maximum atomic E-state index is 12.2. The van der Waals surface area contributed by atoms with Crippen molar-refractivity contribution in [1.82, 2.24) is 4.31 Å². The first kappa shape index (κ1) is 15.5. The van der Waals surface area contributed by atoms with Gasteiger partial charge in [0.1, 0.15) is 11.8 Å². The summed E-state index contributed by atoms with van der Waals surface area (Å²) in [7, 11) is -1.85. The highest BCUT2D eigenvalue weighted by Gasteiger charge is 2.34. The largest absolute Gasteiger partial charge is 0.497 e. The van der Waals surface area contributed by atoms with E-state index in [0.717, 1.165) is 0 Å². The summed E-state index contributed by atoms with van der Waals surface area (Å²) >= 11 is 0. The molecule has 1 aliphatic rings. The van der Waals surface area contributed by atoms with Crippen LogP contribution in [0.2, 0.25) is 0 Å². The number of sulfonamides is 1. The third kappa shape index (κ3) is 3.43. The van der Waals surface area contributed by atoms with Crippen molar-refractivity contribution in [3.05, 3.63) is 36.4 Å². The minimum atomic E-state index is -3.41. The van der Waals surface area contributed by atoms with Crippen molar-refractivity contribution >= 4 is 21.6 Å². The number of ether oxygens (including phenoxy) is 1. The topological polar surface area (TPSA) is 75.7 Å². The average Bonchev–Trinajstić information content (AvgIpc) is 2.98. The van der Waals surface area contributed by atoms with E-state index in [-0.39, 0.29) is 18.2 Å². The summed E-state index contributed by atoms with van der Waals surface area (Å²) in [4.78, 5) is 12.2. The molecule has 0 fully saturated rings. The molecule has 0 aliphatic carbocycles. The average molecular weight is 310 g/mol. The van der Waals surface area contributed by atoms with Crippen LogP contribution in [-0.4, -0.2) is 44.1 Å². The minimum absolute atomic E-state index is 0.0268. The summed E-state index contributed by atoms with van der Waals surface area (Å²) in [5.74, 6) is 0.288. The predicted molar refractivity (Wildman–Crippen MR) is 80.7 cm³/mol. The van der Waals surface area contributed by atoms with Gasteiger partial charge < -0.3 is 10.1 Å². The lowest BCUT2D eigenvalue weighted by Gasteiger charge is -2.22. The Morgan fingerprint density at radius 2 is 2.05 bits per heavy atom. The molecule has 1 aliphatic heterocycles. The van der Waals surface area contributed by atoms with Gasteiger partial charge in [0, 0.05) is 12.2 Å². The quantitative estimate of drug-likeness (QED) is 0.830. The molecule has 0 unspecified atom stereocenters. The highest BCUT2D eigenvalue weighted by Crippen LogP contribution is 2.19. The molecule has 1 amide bonds. The number of nitrogens with one attached hydrogen (secondary N) is 1. The summed E-state index contributed by atoms with van der Waals surface area (Å²) in [6.07, 6.45) is 3.29. The van der Waals surface area contributed by atoms with Crippen LogP contribution in [0.4, 0.5) is 5.69 Å². The molecular formula is C14H18N2O4S. The summed E-state index contributed by atoms with van der Waals surface area (Å²) in [6.45, 7) is 1.79. The zero-order chi connectivity index (χ0) is 15.5. The monoisotopic (exact) mass is 310 g/mol. The van der Waals surface area contributed by atoms with Crippen LogP contribution in [0.25, 0.3) is 0 Å². The lowest BCUT2D eigenvalue weighted by molar-refractivity contribution is -0.118. The Morgan fingerprint density at radius 3 is 2.62 bits per heavy atom. The number of anilines is 1. The fourth-order valence-corrected chi connectivity index (χ4v) is 3.22. The van der Waals surface area contributed by atoms with Crippen molar-refractivity contribution in [1.29, 1.82) is 0 Å². The fraction of sp³-hybridized carbons (Fsp3) is 0.357. The van der Waals surface area contributed by atoms with Gasteiger partial charge in [-0.05, 0) is 31.2 Å². The molecule has 0 radical (unpaired) electrons. The van der Waals surface area contributed by atoms with Crippen LogP contribution in [-0.2, 0) is 14.8 Å². The highest BCUT2D eigenvalue weighted by atomic mass is 32.2. The fourth-order valence-electron chi connectivity index (χ4n) is 2.06. The van der Waals surface area contributed by atoms with Crippen LogP contribution < -0.4 is 10.1 Å². The van der Waals surface area contributed by atoms with Crippen molar-refractivity contribution < 1.29 is 17.9 Å². The smallest absolute Gasteiger partial charge is 0.246 e. The lowest BCUT2D eigenvalue weighted by Crippen LogP contribution is -2.44. The van der Waals surface area contributed by atoms with E-state index >= 15 is 0 Å². The van der Waals surface area contributed by atoms with Crippen LogP contribution in [0.3, 0.4) is 0 Å². The summed E-state index contributed by atoms with van der Waals surface area (Å²) in [5, 5.41) is 2.71. The molecule has 0 aromatic heterocycles. The van der Waals surface area contributed by atoms with Gasteiger partial charge >= 0.3 is 0 Å². The molecule has 0 spiro atoms. The number of hydrogen-bond donors (Lipinski definition) is 1. The first-order valence-corrected chi connectivity index (χ1v) is 8.20. The molecule has 0 saturated heterocycles. The van der Waals surface area contributed by atoms with Crippen molar-refractivity contribution in [2.75, 3.05) is 24.7 Å². The van der Waals surface area contributed by atoms with Crippen LogP contribution >= 0.6 is 0 Å². The second-order valence-electron chi connectivity index (χ2n) is 4.56. The van der Waals surface area contributed by atoms with Crippen molar-refractivity contribution in [3.8, 4) is 5.75 Å². The predicted octanol–water partition coefficient (Wildman–Crippen LogP) is 1.22. The number of rotatable bonds is 5. The summed E-state index contributed by atoms with van der Waals surface area (Å²) < 4.78 is 30.1. The Balaban J connectivity index is 2.10. The van der Waals surface area contributed by atoms with E-state index in [1.165, 1.54) is 4.31 Å². The van der Waals surface area contributed by atoms with Gasteiger partial charge in [0.15, 0.2) is 0 Å². The second-order valence-corrected chi connectivity index (χ2v) is 6.77. The van der Waals surface area contributed by atoms with E-state index in [9.17, 15) is 13.2 Å². The number of amides is 1. The van der Waals surface area contributed by atoms with Crippen LogP contribution in [0.15, 0.2) is 36.4 Å². The van der Waals surface area contributed by atoms with Crippen LogP contribution in [0, 0.1) is 0 Å². The van der Waals surface area contributed by atoms with Gasteiger partial charge in [-0.1, -0.05) is 12.2 Å². The summed E-state index contributed by atoms with van der Waals surface area (Å²) in [6, 6.07) is 6.06. The van der Waals surface area contributed by atoms with Gasteiger partial charge in [-0.3, -0.25) is 4.79 Å². The summed E-state index contributed by atoms with van der Waals surface area (Å²) in [5.41, 5.74) is 0.593. The van der Waals surface area contributed by atoms with Gasteiger partial charge in [-0.2, -0.15) is 4.31 Å². The molecule has 1 N–H and O–H groups in total. The van der Waals surface area contributed by atoms with E-state index in [4.69, 9.17) is 4.74 Å². The zero-order valence-electron chi connectivity index (χ0n) is 11.9. The number of carbonyl (C=O) groups excluding carboxylic acids is 1. The number of hydrogen-bond acceptors (Lipinski definition) is 4. The van der Waals surface area contributed by atoms with Crippen molar-refractivity contribution in [2.24, 2.45) is 0 Å².